The average molecular weight is 279 g/mol. The van der Waals surface area contributed by atoms with Crippen LogP contribution in [-0.4, -0.2) is 17.3 Å². The van der Waals surface area contributed by atoms with Crippen LogP contribution in [0.25, 0.3) is 10.8 Å². The van der Waals surface area contributed by atoms with Gasteiger partial charge in [0.1, 0.15) is 10.5 Å². The van der Waals surface area contributed by atoms with E-state index in [1.54, 1.807) is 7.11 Å². The normalized spacial score (nSPS) is 18.0. The molecule has 2 heterocycles. The molecular weight excluding hydrogens is 262 g/mol. The van der Waals surface area contributed by atoms with Gasteiger partial charge in [-0.05, 0) is 43.6 Å². The fourth-order valence-electron chi connectivity index (χ4n) is 2.58. The van der Waals surface area contributed by atoms with Crippen molar-refractivity contribution in [3.63, 3.8) is 0 Å². The Balaban J connectivity index is 1.97. The van der Waals surface area contributed by atoms with E-state index in [2.05, 4.69) is 10.1 Å². The Morgan fingerprint density at radius 3 is 2.74 bits per heavy atom. The number of aryl methyl sites for hydroxylation is 1. The third-order valence-electron chi connectivity index (χ3n) is 3.85. The maximum atomic E-state index is 6.01. The van der Waals surface area contributed by atoms with E-state index < -0.39 is 0 Å². The second-order valence-electron chi connectivity index (χ2n) is 4.99. The van der Waals surface area contributed by atoms with Gasteiger partial charge in [0.15, 0.2) is 0 Å². The van der Waals surface area contributed by atoms with Crippen molar-refractivity contribution in [2.24, 2.45) is 0 Å². The SMILES string of the molecule is COC1(c2noc(-c3scc(C)c3N)n2)CCCC1. The molecule has 6 heteroatoms. The molecule has 1 saturated carbocycles. The number of nitrogens with two attached hydrogens (primary N) is 1. The van der Waals surface area contributed by atoms with Gasteiger partial charge in [0.25, 0.3) is 5.89 Å². The van der Waals surface area contributed by atoms with E-state index in [9.17, 15) is 0 Å². The number of anilines is 1. The molecule has 2 aromatic rings. The molecule has 1 aliphatic rings. The molecule has 5 nitrogen and oxygen atoms in total. The molecule has 0 radical (unpaired) electrons. The van der Waals surface area contributed by atoms with Crippen molar-refractivity contribution in [1.82, 2.24) is 10.1 Å². The highest BCUT2D eigenvalue weighted by atomic mass is 32.1. The van der Waals surface area contributed by atoms with Crippen molar-refractivity contribution in [2.45, 2.75) is 38.2 Å². The van der Waals surface area contributed by atoms with Gasteiger partial charge in [0, 0.05) is 7.11 Å². The second kappa shape index (κ2) is 4.61. The van der Waals surface area contributed by atoms with Gasteiger partial charge in [-0.1, -0.05) is 5.16 Å². The summed E-state index contributed by atoms with van der Waals surface area (Å²) in [6.45, 7) is 1.97. The summed E-state index contributed by atoms with van der Waals surface area (Å²) in [7, 11) is 1.71. The number of aromatic nitrogens is 2. The first-order chi connectivity index (χ1) is 9.16. The van der Waals surface area contributed by atoms with E-state index in [4.69, 9.17) is 15.0 Å². The quantitative estimate of drug-likeness (QED) is 0.934. The third-order valence-corrected chi connectivity index (χ3v) is 4.95. The molecule has 2 N–H and O–H groups in total. The van der Waals surface area contributed by atoms with E-state index >= 15 is 0 Å². The summed E-state index contributed by atoms with van der Waals surface area (Å²) < 4.78 is 11.0. The van der Waals surface area contributed by atoms with E-state index in [0.717, 1.165) is 41.8 Å². The zero-order valence-corrected chi connectivity index (χ0v) is 11.9. The number of methoxy groups -OCH3 is 1. The summed E-state index contributed by atoms with van der Waals surface area (Å²) in [4.78, 5) is 5.36. The van der Waals surface area contributed by atoms with Crippen LogP contribution < -0.4 is 5.73 Å². The van der Waals surface area contributed by atoms with Crippen LogP contribution >= 0.6 is 11.3 Å². The number of ether oxygens (including phenoxy) is 1. The molecule has 0 saturated heterocycles. The van der Waals surface area contributed by atoms with Crippen molar-refractivity contribution in [3.05, 3.63) is 16.8 Å². The van der Waals surface area contributed by atoms with Crippen LogP contribution in [-0.2, 0) is 10.3 Å². The minimum Gasteiger partial charge on any atom is -0.397 e. The largest absolute Gasteiger partial charge is 0.397 e. The number of nitrogen functional groups attached to an aromatic ring is 1. The van der Waals surface area contributed by atoms with Crippen molar-refractivity contribution >= 4 is 17.0 Å². The summed E-state index contributed by atoms with van der Waals surface area (Å²) in [5.74, 6) is 1.14. The van der Waals surface area contributed by atoms with Gasteiger partial charge < -0.3 is 15.0 Å². The number of rotatable bonds is 3. The Morgan fingerprint density at radius 2 is 2.16 bits per heavy atom. The molecule has 3 rings (SSSR count). The van der Waals surface area contributed by atoms with Crippen LogP contribution in [0.4, 0.5) is 5.69 Å². The van der Waals surface area contributed by atoms with Crippen LogP contribution in [0.15, 0.2) is 9.90 Å². The molecule has 102 valence electrons. The Morgan fingerprint density at radius 1 is 1.42 bits per heavy atom. The van der Waals surface area contributed by atoms with Crippen molar-refractivity contribution in [1.29, 1.82) is 0 Å². The number of hydrogen-bond donors (Lipinski definition) is 1. The van der Waals surface area contributed by atoms with Gasteiger partial charge in [-0.15, -0.1) is 11.3 Å². The molecule has 1 aliphatic carbocycles. The summed E-state index contributed by atoms with van der Waals surface area (Å²) in [6, 6.07) is 0. The first-order valence-electron chi connectivity index (χ1n) is 6.39. The average Bonchev–Trinajstić information content (AvgIpc) is 3.11. The highest BCUT2D eigenvalue weighted by molar-refractivity contribution is 7.14. The van der Waals surface area contributed by atoms with Crippen molar-refractivity contribution < 1.29 is 9.26 Å². The number of hydrogen-bond acceptors (Lipinski definition) is 6. The first kappa shape index (κ1) is 12.6. The topological polar surface area (TPSA) is 74.2 Å². The fourth-order valence-corrected chi connectivity index (χ4v) is 3.48. The fraction of sp³-hybridized carbons (Fsp3) is 0.538. The molecule has 1 fully saturated rings. The lowest BCUT2D eigenvalue weighted by Gasteiger charge is -2.22. The molecule has 19 heavy (non-hydrogen) atoms. The second-order valence-corrected chi connectivity index (χ2v) is 5.87. The Labute approximate surface area is 115 Å². The van der Waals surface area contributed by atoms with Gasteiger partial charge in [-0.25, -0.2) is 0 Å². The summed E-state index contributed by atoms with van der Waals surface area (Å²) in [5, 5.41) is 6.10. The summed E-state index contributed by atoms with van der Waals surface area (Å²) in [6.07, 6.45) is 4.17. The van der Waals surface area contributed by atoms with Crippen LogP contribution in [0, 0.1) is 6.92 Å². The predicted molar refractivity (Wildman–Crippen MR) is 73.9 cm³/mol. The predicted octanol–water partition coefficient (Wildman–Crippen LogP) is 3.10. The third kappa shape index (κ3) is 1.95. The van der Waals surface area contributed by atoms with Crippen molar-refractivity contribution in [2.75, 3.05) is 12.8 Å². The zero-order valence-electron chi connectivity index (χ0n) is 11.1. The molecule has 0 unspecified atom stereocenters. The molecule has 0 aliphatic heterocycles. The first-order valence-corrected chi connectivity index (χ1v) is 7.27. The molecule has 0 aromatic carbocycles. The molecule has 0 spiro atoms. The molecular formula is C13H17N3O2S. The molecule has 0 atom stereocenters. The lowest BCUT2D eigenvalue weighted by molar-refractivity contribution is -0.0178. The van der Waals surface area contributed by atoms with Gasteiger partial charge in [-0.2, -0.15) is 4.98 Å². The van der Waals surface area contributed by atoms with Crippen LogP contribution in [0.3, 0.4) is 0 Å². The summed E-state index contributed by atoms with van der Waals surface area (Å²) in [5.41, 5.74) is 7.41. The van der Waals surface area contributed by atoms with Gasteiger partial charge >= 0.3 is 0 Å². The van der Waals surface area contributed by atoms with E-state index in [0.29, 0.717) is 11.7 Å². The van der Waals surface area contributed by atoms with Crippen LogP contribution in [0.1, 0.15) is 37.1 Å². The smallest absolute Gasteiger partial charge is 0.270 e. The van der Waals surface area contributed by atoms with E-state index in [-0.39, 0.29) is 5.60 Å². The lowest BCUT2D eigenvalue weighted by Crippen LogP contribution is -2.25. The molecule has 0 amide bonds. The maximum absolute atomic E-state index is 6.01. The Hall–Kier alpha value is -1.40. The van der Waals surface area contributed by atoms with Crippen LogP contribution in [0.2, 0.25) is 0 Å². The standard InChI is InChI=1S/C13H17N3O2S/c1-8-7-19-10(9(8)14)11-15-12(16-18-11)13(17-2)5-3-4-6-13/h7H,3-6,14H2,1-2H3. The zero-order chi connectivity index (χ0) is 13.5. The number of thiophene rings is 1. The van der Waals surface area contributed by atoms with Crippen LogP contribution in [0.5, 0.6) is 0 Å². The van der Waals surface area contributed by atoms with Gasteiger partial charge in [0.2, 0.25) is 5.82 Å². The summed E-state index contributed by atoms with van der Waals surface area (Å²) >= 11 is 1.53. The molecule has 2 aromatic heterocycles. The number of nitrogens with zero attached hydrogens (tertiary/aromatic N) is 2. The maximum Gasteiger partial charge on any atom is 0.270 e. The monoisotopic (exact) mass is 279 g/mol. The Kier molecular flexibility index (Phi) is 3.06. The van der Waals surface area contributed by atoms with Gasteiger partial charge in [0.05, 0.1) is 5.69 Å². The minimum atomic E-state index is -0.372. The van der Waals surface area contributed by atoms with E-state index in [1.165, 1.54) is 11.3 Å². The van der Waals surface area contributed by atoms with E-state index in [1.807, 2.05) is 12.3 Å². The lowest BCUT2D eigenvalue weighted by atomic mass is 10.0. The highest BCUT2D eigenvalue weighted by Crippen LogP contribution is 2.41. The minimum absolute atomic E-state index is 0.372. The molecule has 0 bridgehead atoms. The van der Waals surface area contributed by atoms with Gasteiger partial charge in [-0.3, -0.25) is 0 Å². The Bertz CT molecular complexity index is 584. The highest BCUT2D eigenvalue weighted by Gasteiger charge is 2.40. The van der Waals surface area contributed by atoms with Crippen molar-refractivity contribution in [3.8, 4) is 10.8 Å².